The molecular weight excluding hydrogens is 222 g/mol. The topological polar surface area (TPSA) is 40.5 Å². The number of carboxylic acids is 1. The van der Waals surface area contributed by atoms with Crippen molar-refractivity contribution >= 4 is 17.3 Å². The second-order valence-electron chi connectivity index (χ2n) is 3.79. The fraction of sp³-hybridized carbons (Fsp3) is 0.583. The molecule has 16 heavy (non-hydrogen) atoms. The van der Waals surface area contributed by atoms with Gasteiger partial charge < -0.3 is 5.11 Å². The van der Waals surface area contributed by atoms with E-state index in [1.165, 1.54) is 24.2 Å². The minimum Gasteiger partial charge on any atom is -0.477 e. The first kappa shape index (κ1) is 13.2. The van der Waals surface area contributed by atoms with Crippen molar-refractivity contribution in [1.29, 1.82) is 0 Å². The van der Waals surface area contributed by atoms with E-state index in [0.717, 1.165) is 24.5 Å². The van der Waals surface area contributed by atoms with Crippen molar-refractivity contribution in [2.75, 3.05) is 13.1 Å². The van der Waals surface area contributed by atoms with Crippen LogP contribution in [0.15, 0.2) is 12.1 Å². The lowest BCUT2D eigenvalue weighted by atomic mass is 10.3. The van der Waals surface area contributed by atoms with Gasteiger partial charge in [0.15, 0.2) is 0 Å². The van der Waals surface area contributed by atoms with Gasteiger partial charge >= 0.3 is 5.97 Å². The van der Waals surface area contributed by atoms with E-state index in [9.17, 15) is 4.79 Å². The highest BCUT2D eigenvalue weighted by Gasteiger charge is 2.09. The predicted octanol–water partition coefficient (Wildman–Crippen LogP) is 3.07. The quantitative estimate of drug-likeness (QED) is 0.797. The van der Waals surface area contributed by atoms with Gasteiger partial charge in [-0.3, -0.25) is 4.90 Å². The third-order valence-corrected chi connectivity index (χ3v) is 3.58. The van der Waals surface area contributed by atoms with E-state index >= 15 is 0 Å². The Hall–Kier alpha value is -0.870. The average molecular weight is 241 g/mol. The first-order chi connectivity index (χ1) is 7.67. The van der Waals surface area contributed by atoms with E-state index < -0.39 is 5.97 Å². The van der Waals surface area contributed by atoms with Gasteiger partial charge in [-0.1, -0.05) is 20.3 Å². The van der Waals surface area contributed by atoms with Crippen LogP contribution in [0.25, 0.3) is 0 Å². The molecule has 0 fully saturated rings. The summed E-state index contributed by atoms with van der Waals surface area (Å²) in [5, 5.41) is 8.83. The van der Waals surface area contributed by atoms with Gasteiger partial charge in [-0.15, -0.1) is 11.3 Å². The Morgan fingerprint density at radius 1 is 1.44 bits per heavy atom. The molecule has 1 N–H and O–H groups in total. The SMILES string of the molecule is CCCCN(CC)Cc1ccc(C(=O)O)s1. The summed E-state index contributed by atoms with van der Waals surface area (Å²) in [5.74, 6) is -0.826. The van der Waals surface area contributed by atoms with Gasteiger partial charge in [0.25, 0.3) is 0 Å². The first-order valence-corrected chi connectivity index (χ1v) is 6.53. The molecule has 0 aliphatic heterocycles. The zero-order valence-corrected chi connectivity index (χ0v) is 10.7. The maximum atomic E-state index is 10.7. The molecule has 0 saturated carbocycles. The van der Waals surface area contributed by atoms with Crippen LogP contribution in [0.2, 0.25) is 0 Å². The molecule has 4 heteroatoms. The van der Waals surface area contributed by atoms with Crippen LogP contribution < -0.4 is 0 Å². The summed E-state index contributed by atoms with van der Waals surface area (Å²) in [7, 11) is 0. The predicted molar refractivity (Wildman–Crippen MR) is 67.1 cm³/mol. The Labute approximate surface area is 101 Å². The molecule has 90 valence electrons. The molecule has 1 heterocycles. The van der Waals surface area contributed by atoms with Crippen LogP contribution in [0.4, 0.5) is 0 Å². The molecule has 0 atom stereocenters. The fourth-order valence-electron chi connectivity index (χ4n) is 1.53. The summed E-state index contributed by atoms with van der Waals surface area (Å²) in [6.07, 6.45) is 2.40. The highest BCUT2D eigenvalue weighted by atomic mass is 32.1. The van der Waals surface area contributed by atoms with E-state index in [1.54, 1.807) is 6.07 Å². The van der Waals surface area contributed by atoms with Gasteiger partial charge in [0.05, 0.1) is 0 Å². The number of hydrogen-bond donors (Lipinski definition) is 1. The number of carboxylic acid groups (broad SMARTS) is 1. The maximum absolute atomic E-state index is 10.7. The van der Waals surface area contributed by atoms with Crippen LogP contribution in [0.1, 0.15) is 41.2 Å². The Bertz CT molecular complexity index is 336. The Morgan fingerprint density at radius 3 is 2.69 bits per heavy atom. The smallest absolute Gasteiger partial charge is 0.345 e. The van der Waals surface area contributed by atoms with E-state index in [2.05, 4.69) is 18.7 Å². The molecule has 1 rings (SSSR count). The molecule has 0 amide bonds. The Kier molecular flexibility index (Phi) is 5.49. The van der Waals surface area contributed by atoms with Crippen LogP contribution >= 0.6 is 11.3 Å². The van der Waals surface area contributed by atoms with Gasteiger partial charge in [0, 0.05) is 11.4 Å². The minimum absolute atomic E-state index is 0.432. The van der Waals surface area contributed by atoms with E-state index in [1.807, 2.05) is 6.07 Å². The van der Waals surface area contributed by atoms with Gasteiger partial charge in [-0.05, 0) is 31.6 Å². The van der Waals surface area contributed by atoms with Gasteiger partial charge in [0.2, 0.25) is 0 Å². The van der Waals surface area contributed by atoms with Crippen LogP contribution in [0.3, 0.4) is 0 Å². The van der Waals surface area contributed by atoms with Crippen molar-refractivity contribution in [2.45, 2.75) is 33.2 Å². The Balaban J connectivity index is 2.52. The highest BCUT2D eigenvalue weighted by Crippen LogP contribution is 2.18. The summed E-state index contributed by atoms with van der Waals surface area (Å²) < 4.78 is 0. The molecule has 0 radical (unpaired) electrons. The van der Waals surface area contributed by atoms with Crippen LogP contribution in [0, 0.1) is 0 Å². The van der Waals surface area contributed by atoms with E-state index in [4.69, 9.17) is 5.11 Å². The number of rotatable bonds is 7. The lowest BCUT2D eigenvalue weighted by Crippen LogP contribution is -2.23. The molecule has 0 aliphatic carbocycles. The summed E-state index contributed by atoms with van der Waals surface area (Å²) in [5.41, 5.74) is 0. The summed E-state index contributed by atoms with van der Waals surface area (Å²) in [6, 6.07) is 3.61. The van der Waals surface area contributed by atoms with Gasteiger partial charge in [-0.2, -0.15) is 0 Å². The maximum Gasteiger partial charge on any atom is 0.345 e. The average Bonchev–Trinajstić information content (AvgIpc) is 2.72. The molecule has 0 spiro atoms. The molecule has 0 unspecified atom stereocenters. The standard InChI is InChI=1S/C12H19NO2S/c1-3-5-8-13(4-2)9-10-6-7-11(16-10)12(14)15/h6-7H,3-5,8-9H2,1-2H3,(H,14,15). The molecule has 1 aromatic rings. The van der Waals surface area contributed by atoms with Crippen molar-refractivity contribution in [3.05, 3.63) is 21.9 Å². The van der Waals surface area contributed by atoms with Gasteiger partial charge in [0.1, 0.15) is 4.88 Å². The number of hydrogen-bond acceptors (Lipinski definition) is 3. The third kappa shape index (κ3) is 3.94. The molecule has 0 saturated heterocycles. The number of thiophene rings is 1. The zero-order chi connectivity index (χ0) is 12.0. The normalized spacial score (nSPS) is 10.9. The van der Waals surface area contributed by atoms with E-state index in [0.29, 0.717) is 4.88 Å². The number of carbonyl (C=O) groups is 1. The van der Waals surface area contributed by atoms with Crippen molar-refractivity contribution in [3.63, 3.8) is 0 Å². The second-order valence-corrected chi connectivity index (χ2v) is 4.96. The zero-order valence-electron chi connectivity index (χ0n) is 9.90. The molecule has 0 bridgehead atoms. The molecule has 1 aromatic heterocycles. The lowest BCUT2D eigenvalue weighted by molar-refractivity contribution is 0.0702. The van der Waals surface area contributed by atoms with Crippen molar-refractivity contribution in [2.24, 2.45) is 0 Å². The number of aromatic carboxylic acids is 1. The first-order valence-electron chi connectivity index (χ1n) is 5.71. The molecule has 3 nitrogen and oxygen atoms in total. The van der Waals surface area contributed by atoms with Gasteiger partial charge in [-0.25, -0.2) is 4.79 Å². The fourth-order valence-corrected chi connectivity index (χ4v) is 2.42. The van der Waals surface area contributed by atoms with Crippen molar-refractivity contribution < 1.29 is 9.90 Å². The van der Waals surface area contributed by atoms with Crippen molar-refractivity contribution in [1.82, 2.24) is 4.90 Å². The van der Waals surface area contributed by atoms with Crippen LogP contribution in [0.5, 0.6) is 0 Å². The summed E-state index contributed by atoms with van der Waals surface area (Å²) in [6.45, 7) is 7.30. The summed E-state index contributed by atoms with van der Waals surface area (Å²) >= 11 is 1.38. The largest absolute Gasteiger partial charge is 0.477 e. The van der Waals surface area contributed by atoms with Crippen molar-refractivity contribution in [3.8, 4) is 0 Å². The third-order valence-electron chi connectivity index (χ3n) is 2.53. The number of unbranched alkanes of at least 4 members (excludes halogenated alkanes) is 1. The molecule has 0 aromatic carbocycles. The van der Waals surface area contributed by atoms with E-state index in [-0.39, 0.29) is 0 Å². The lowest BCUT2D eigenvalue weighted by Gasteiger charge is -2.18. The monoisotopic (exact) mass is 241 g/mol. The Morgan fingerprint density at radius 2 is 2.19 bits per heavy atom. The second kappa shape index (κ2) is 6.66. The number of nitrogens with zero attached hydrogens (tertiary/aromatic N) is 1. The molecule has 0 aliphatic rings. The van der Waals surface area contributed by atoms with Crippen LogP contribution in [-0.4, -0.2) is 29.1 Å². The minimum atomic E-state index is -0.826. The molecular formula is C12H19NO2S. The highest BCUT2D eigenvalue weighted by molar-refractivity contribution is 7.13. The summed E-state index contributed by atoms with van der Waals surface area (Å²) in [4.78, 5) is 14.7. The van der Waals surface area contributed by atoms with Crippen LogP contribution in [-0.2, 0) is 6.54 Å².